The molecule has 1 aromatic heterocycles. The van der Waals surface area contributed by atoms with Gasteiger partial charge >= 0.3 is 0 Å². The second kappa shape index (κ2) is 5.66. The molecule has 1 fully saturated rings. The standard InChI is InChI=1S/C12H17N3O3S/c13-7-9-4-5-11(14-8-9)15-12(16)10-3-1-2-6-19(10,17)18/h4-5,8,10H,1-3,6-7,13H2,(H,14,15,16). The predicted octanol–water partition coefficient (Wildman–Crippen LogP) is 0.446. The minimum Gasteiger partial charge on any atom is -0.326 e. The van der Waals surface area contributed by atoms with E-state index in [4.69, 9.17) is 5.73 Å². The van der Waals surface area contributed by atoms with Gasteiger partial charge in [0.15, 0.2) is 9.84 Å². The first-order valence-corrected chi connectivity index (χ1v) is 7.92. The van der Waals surface area contributed by atoms with Gasteiger partial charge in [0.05, 0.1) is 5.75 Å². The van der Waals surface area contributed by atoms with Gasteiger partial charge in [0.2, 0.25) is 5.91 Å². The van der Waals surface area contributed by atoms with E-state index in [9.17, 15) is 13.2 Å². The van der Waals surface area contributed by atoms with Crippen LogP contribution in [0, 0.1) is 0 Å². The predicted molar refractivity (Wildman–Crippen MR) is 72.2 cm³/mol. The molecule has 7 heteroatoms. The first-order valence-electron chi connectivity index (χ1n) is 6.20. The molecule has 0 radical (unpaired) electrons. The average molecular weight is 283 g/mol. The number of carbonyl (C=O) groups is 1. The molecular weight excluding hydrogens is 266 g/mol. The summed E-state index contributed by atoms with van der Waals surface area (Å²) in [4.78, 5) is 16.0. The van der Waals surface area contributed by atoms with Gasteiger partial charge in [-0.05, 0) is 24.5 Å². The summed E-state index contributed by atoms with van der Waals surface area (Å²) in [6.45, 7) is 0.373. The maximum atomic E-state index is 12.0. The van der Waals surface area contributed by atoms with Gasteiger partial charge in [0.25, 0.3) is 0 Å². The van der Waals surface area contributed by atoms with E-state index in [-0.39, 0.29) is 5.75 Å². The Morgan fingerprint density at radius 3 is 2.79 bits per heavy atom. The van der Waals surface area contributed by atoms with E-state index < -0.39 is 21.0 Å². The number of hydrogen-bond acceptors (Lipinski definition) is 5. The first-order chi connectivity index (χ1) is 9.03. The van der Waals surface area contributed by atoms with Crippen molar-refractivity contribution < 1.29 is 13.2 Å². The van der Waals surface area contributed by atoms with Crippen LogP contribution in [0.2, 0.25) is 0 Å². The molecule has 0 aromatic carbocycles. The second-order valence-corrected chi connectivity index (χ2v) is 6.90. The van der Waals surface area contributed by atoms with Crippen LogP contribution in [0.3, 0.4) is 0 Å². The number of aromatic nitrogens is 1. The van der Waals surface area contributed by atoms with Gasteiger partial charge < -0.3 is 11.1 Å². The molecule has 0 spiro atoms. The van der Waals surface area contributed by atoms with E-state index >= 15 is 0 Å². The quantitative estimate of drug-likeness (QED) is 0.838. The molecule has 0 aliphatic carbocycles. The van der Waals surface area contributed by atoms with Gasteiger partial charge in [0.1, 0.15) is 11.1 Å². The molecule has 1 atom stereocenters. The van der Waals surface area contributed by atoms with E-state index in [1.807, 2.05) is 0 Å². The van der Waals surface area contributed by atoms with Gasteiger partial charge in [-0.25, -0.2) is 13.4 Å². The highest BCUT2D eigenvalue weighted by Gasteiger charge is 2.34. The fraction of sp³-hybridized carbons (Fsp3) is 0.500. The molecular formula is C12H17N3O3S. The number of carbonyl (C=O) groups excluding carboxylic acids is 1. The summed E-state index contributed by atoms with van der Waals surface area (Å²) < 4.78 is 23.6. The molecule has 19 heavy (non-hydrogen) atoms. The van der Waals surface area contributed by atoms with E-state index in [0.717, 1.165) is 12.0 Å². The maximum absolute atomic E-state index is 12.0. The van der Waals surface area contributed by atoms with Crippen LogP contribution < -0.4 is 11.1 Å². The zero-order chi connectivity index (χ0) is 13.9. The van der Waals surface area contributed by atoms with Crippen LogP contribution in [-0.2, 0) is 21.2 Å². The normalized spacial score (nSPS) is 21.8. The van der Waals surface area contributed by atoms with Crippen molar-refractivity contribution in [2.75, 3.05) is 11.1 Å². The smallest absolute Gasteiger partial charge is 0.243 e. The second-order valence-electron chi connectivity index (χ2n) is 4.60. The van der Waals surface area contributed by atoms with E-state index in [0.29, 0.717) is 25.2 Å². The fourth-order valence-corrected chi connectivity index (χ4v) is 3.88. The van der Waals surface area contributed by atoms with E-state index in [2.05, 4.69) is 10.3 Å². The molecule has 3 N–H and O–H groups in total. The van der Waals surface area contributed by atoms with E-state index in [1.54, 1.807) is 18.3 Å². The number of rotatable bonds is 3. The van der Waals surface area contributed by atoms with Crippen molar-refractivity contribution in [1.82, 2.24) is 4.98 Å². The zero-order valence-electron chi connectivity index (χ0n) is 10.5. The Hall–Kier alpha value is -1.47. The van der Waals surface area contributed by atoms with Crippen LogP contribution in [0.1, 0.15) is 24.8 Å². The van der Waals surface area contributed by atoms with Crippen LogP contribution in [0.15, 0.2) is 18.3 Å². The number of amides is 1. The van der Waals surface area contributed by atoms with Gasteiger partial charge in [-0.2, -0.15) is 0 Å². The van der Waals surface area contributed by atoms with Gasteiger partial charge in [0, 0.05) is 12.7 Å². The molecule has 104 valence electrons. The Bertz CT molecular complexity index is 554. The summed E-state index contributed by atoms with van der Waals surface area (Å²) >= 11 is 0. The van der Waals surface area contributed by atoms with Crippen LogP contribution in [0.5, 0.6) is 0 Å². The minimum atomic E-state index is -3.32. The first kappa shape index (κ1) is 14.0. The summed E-state index contributed by atoms with van der Waals surface area (Å²) in [6.07, 6.45) is 3.34. The third-order valence-electron chi connectivity index (χ3n) is 3.18. The summed E-state index contributed by atoms with van der Waals surface area (Å²) in [5.41, 5.74) is 6.30. The highest BCUT2D eigenvalue weighted by Crippen LogP contribution is 2.20. The third-order valence-corrected chi connectivity index (χ3v) is 5.36. The molecule has 1 saturated heterocycles. The van der Waals surface area contributed by atoms with Crippen molar-refractivity contribution in [2.24, 2.45) is 5.73 Å². The van der Waals surface area contributed by atoms with Gasteiger partial charge in [-0.1, -0.05) is 12.5 Å². The van der Waals surface area contributed by atoms with Crippen molar-refractivity contribution >= 4 is 21.6 Å². The molecule has 0 saturated carbocycles. The van der Waals surface area contributed by atoms with Crippen molar-refractivity contribution in [3.8, 4) is 0 Å². The lowest BCUT2D eigenvalue weighted by molar-refractivity contribution is -0.116. The molecule has 6 nitrogen and oxygen atoms in total. The van der Waals surface area contributed by atoms with Crippen LogP contribution in [0.25, 0.3) is 0 Å². The summed E-state index contributed by atoms with van der Waals surface area (Å²) in [7, 11) is -3.32. The Kier molecular flexibility index (Phi) is 4.16. The highest BCUT2D eigenvalue weighted by atomic mass is 32.2. The van der Waals surface area contributed by atoms with Crippen LogP contribution in [0.4, 0.5) is 5.82 Å². The lowest BCUT2D eigenvalue weighted by atomic mass is 10.2. The van der Waals surface area contributed by atoms with Crippen molar-refractivity contribution in [3.63, 3.8) is 0 Å². The zero-order valence-corrected chi connectivity index (χ0v) is 11.3. The minimum absolute atomic E-state index is 0.0879. The highest BCUT2D eigenvalue weighted by molar-refractivity contribution is 7.92. The van der Waals surface area contributed by atoms with Gasteiger partial charge in [-0.15, -0.1) is 0 Å². The Labute approximate surface area is 112 Å². The molecule has 0 bridgehead atoms. The molecule has 1 aromatic rings. The van der Waals surface area contributed by atoms with Crippen molar-refractivity contribution in [2.45, 2.75) is 31.1 Å². The number of nitrogens with zero attached hydrogens (tertiary/aromatic N) is 1. The summed E-state index contributed by atoms with van der Waals surface area (Å²) in [6, 6.07) is 3.37. The maximum Gasteiger partial charge on any atom is 0.243 e. The van der Waals surface area contributed by atoms with Gasteiger partial charge in [-0.3, -0.25) is 4.79 Å². The molecule has 1 unspecified atom stereocenters. The number of pyridine rings is 1. The molecule has 2 rings (SSSR count). The van der Waals surface area contributed by atoms with Crippen molar-refractivity contribution in [1.29, 1.82) is 0 Å². The summed E-state index contributed by atoms with van der Waals surface area (Å²) in [5.74, 6) is -0.0550. The summed E-state index contributed by atoms with van der Waals surface area (Å²) in [5, 5.41) is 1.60. The number of hydrogen-bond donors (Lipinski definition) is 2. The SMILES string of the molecule is NCc1ccc(NC(=O)C2CCCCS2(=O)=O)nc1. The molecule has 2 heterocycles. The molecule has 1 aliphatic heterocycles. The Morgan fingerprint density at radius 2 is 2.21 bits per heavy atom. The fourth-order valence-electron chi connectivity index (χ4n) is 2.07. The molecule has 1 aliphatic rings. The average Bonchev–Trinajstić information content (AvgIpc) is 2.39. The number of sulfone groups is 1. The number of nitrogens with two attached hydrogens (primary N) is 1. The topological polar surface area (TPSA) is 102 Å². The lowest BCUT2D eigenvalue weighted by Crippen LogP contribution is -2.39. The molecule has 1 amide bonds. The lowest BCUT2D eigenvalue weighted by Gasteiger charge is -2.21. The van der Waals surface area contributed by atoms with E-state index in [1.165, 1.54) is 0 Å². The Balaban J connectivity index is 2.07. The van der Waals surface area contributed by atoms with Crippen molar-refractivity contribution in [3.05, 3.63) is 23.9 Å². The van der Waals surface area contributed by atoms with Crippen LogP contribution >= 0.6 is 0 Å². The number of nitrogens with one attached hydrogen (secondary N) is 1. The monoisotopic (exact) mass is 283 g/mol. The Morgan fingerprint density at radius 1 is 1.42 bits per heavy atom. The van der Waals surface area contributed by atoms with Crippen LogP contribution in [-0.4, -0.2) is 30.3 Å². The third kappa shape index (κ3) is 3.30. The largest absolute Gasteiger partial charge is 0.326 e. The number of anilines is 1.